The summed E-state index contributed by atoms with van der Waals surface area (Å²) >= 11 is 3.33. The Kier molecular flexibility index (Phi) is 7.34. The van der Waals surface area contributed by atoms with Crippen LogP contribution in [-0.2, 0) is 14.8 Å². The molecule has 0 aliphatic rings. The van der Waals surface area contributed by atoms with Gasteiger partial charge in [0.2, 0.25) is 10.0 Å². The van der Waals surface area contributed by atoms with Crippen LogP contribution < -0.4 is 19.6 Å². The number of benzene rings is 2. The molecule has 0 radical (unpaired) electrons. The molecule has 0 aliphatic heterocycles. The molecule has 0 saturated heterocycles. The number of ether oxygens (including phenoxy) is 2. The summed E-state index contributed by atoms with van der Waals surface area (Å²) in [6, 6.07) is 11.4. The van der Waals surface area contributed by atoms with Gasteiger partial charge in [0, 0.05) is 10.5 Å². The fourth-order valence-corrected chi connectivity index (χ4v) is 3.45. The second-order valence-electron chi connectivity index (χ2n) is 5.19. The van der Waals surface area contributed by atoms with Crippen molar-refractivity contribution < 1.29 is 22.7 Å². The molecular formula is C17H18BrN3O5S. The number of sulfonamides is 1. The summed E-state index contributed by atoms with van der Waals surface area (Å²) in [7, 11) is -1.05. The Morgan fingerprint density at radius 2 is 1.89 bits per heavy atom. The molecule has 0 aliphatic carbocycles. The van der Waals surface area contributed by atoms with E-state index in [0.29, 0.717) is 5.75 Å². The van der Waals surface area contributed by atoms with E-state index in [2.05, 4.69) is 31.2 Å². The van der Waals surface area contributed by atoms with Crippen molar-refractivity contribution in [1.82, 2.24) is 10.1 Å². The summed E-state index contributed by atoms with van der Waals surface area (Å²) in [6.07, 6.45) is 1.45. The van der Waals surface area contributed by atoms with E-state index in [-0.39, 0.29) is 10.6 Å². The summed E-state index contributed by atoms with van der Waals surface area (Å²) in [5.74, 6) is 0.0600. The van der Waals surface area contributed by atoms with E-state index < -0.39 is 22.5 Å². The van der Waals surface area contributed by atoms with Gasteiger partial charge in [-0.25, -0.2) is 18.6 Å². The van der Waals surface area contributed by atoms with Crippen molar-refractivity contribution in [2.45, 2.75) is 4.90 Å². The first kappa shape index (κ1) is 20.9. The molecule has 0 bridgehead atoms. The predicted molar refractivity (Wildman–Crippen MR) is 105 cm³/mol. The molecule has 27 heavy (non-hydrogen) atoms. The molecule has 0 spiro atoms. The van der Waals surface area contributed by atoms with Crippen LogP contribution in [0, 0.1) is 0 Å². The Bertz CT molecular complexity index is 947. The zero-order valence-electron chi connectivity index (χ0n) is 14.6. The Labute approximate surface area is 165 Å². The van der Waals surface area contributed by atoms with Crippen molar-refractivity contribution in [2.24, 2.45) is 5.10 Å². The van der Waals surface area contributed by atoms with Crippen LogP contribution in [0.1, 0.15) is 5.56 Å². The summed E-state index contributed by atoms with van der Waals surface area (Å²) < 4.78 is 37.8. The van der Waals surface area contributed by atoms with E-state index in [0.717, 1.165) is 10.0 Å². The largest absolute Gasteiger partial charge is 0.493 e. The number of amides is 1. The second kappa shape index (κ2) is 9.49. The Morgan fingerprint density at radius 3 is 2.56 bits per heavy atom. The van der Waals surface area contributed by atoms with Gasteiger partial charge in [0.1, 0.15) is 0 Å². The predicted octanol–water partition coefficient (Wildman–Crippen LogP) is 1.89. The van der Waals surface area contributed by atoms with E-state index in [4.69, 9.17) is 9.47 Å². The number of hydrogen-bond donors (Lipinski definition) is 2. The number of halogens is 1. The molecular weight excluding hydrogens is 438 g/mol. The van der Waals surface area contributed by atoms with Gasteiger partial charge in [-0.1, -0.05) is 28.1 Å². The summed E-state index contributed by atoms with van der Waals surface area (Å²) in [5.41, 5.74) is 3.03. The minimum Gasteiger partial charge on any atom is -0.493 e. The molecule has 2 N–H and O–H groups in total. The molecule has 0 saturated carbocycles. The monoisotopic (exact) mass is 455 g/mol. The van der Waals surface area contributed by atoms with Crippen LogP contribution in [0.25, 0.3) is 0 Å². The maximum absolute atomic E-state index is 12.3. The van der Waals surface area contributed by atoms with Crippen molar-refractivity contribution in [3.63, 3.8) is 0 Å². The first-order valence-corrected chi connectivity index (χ1v) is 9.92. The molecule has 10 heteroatoms. The van der Waals surface area contributed by atoms with Crippen molar-refractivity contribution >= 4 is 38.1 Å². The van der Waals surface area contributed by atoms with Gasteiger partial charge in [0.05, 0.1) is 31.9 Å². The molecule has 144 valence electrons. The zero-order valence-corrected chi connectivity index (χ0v) is 17.0. The fourth-order valence-electron chi connectivity index (χ4n) is 2.03. The van der Waals surface area contributed by atoms with Crippen molar-refractivity contribution in [2.75, 3.05) is 20.8 Å². The van der Waals surface area contributed by atoms with E-state index in [1.807, 2.05) is 18.2 Å². The first-order valence-electron chi connectivity index (χ1n) is 7.65. The van der Waals surface area contributed by atoms with Crippen molar-refractivity contribution in [3.8, 4) is 11.5 Å². The lowest BCUT2D eigenvalue weighted by Gasteiger charge is -2.10. The second-order valence-corrected chi connectivity index (χ2v) is 7.87. The van der Waals surface area contributed by atoms with E-state index in [1.54, 1.807) is 6.07 Å². The third-order valence-electron chi connectivity index (χ3n) is 3.34. The van der Waals surface area contributed by atoms with Crippen LogP contribution in [0.3, 0.4) is 0 Å². The highest BCUT2D eigenvalue weighted by Gasteiger charge is 2.18. The number of carbonyl (C=O) groups excluding carboxylic acids is 1. The SMILES string of the molecule is COc1ccc(S(=O)(=O)NCC(=O)N/N=C\c2cccc(Br)c2)cc1OC. The lowest BCUT2D eigenvalue weighted by atomic mass is 10.2. The molecule has 8 nitrogen and oxygen atoms in total. The summed E-state index contributed by atoms with van der Waals surface area (Å²) in [6.45, 7) is -0.466. The van der Waals surface area contributed by atoms with Crippen LogP contribution in [0.2, 0.25) is 0 Å². The Hall–Kier alpha value is -2.43. The number of nitrogens with zero attached hydrogens (tertiary/aromatic N) is 1. The molecule has 0 aromatic heterocycles. The minimum atomic E-state index is -3.90. The third-order valence-corrected chi connectivity index (χ3v) is 5.23. The molecule has 2 aromatic carbocycles. The molecule has 1 amide bonds. The van der Waals surface area contributed by atoms with Gasteiger partial charge in [-0.05, 0) is 29.8 Å². The molecule has 2 aromatic rings. The number of nitrogens with one attached hydrogen (secondary N) is 2. The van der Waals surface area contributed by atoms with Gasteiger partial charge in [-0.2, -0.15) is 5.10 Å². The number of methoxy groups -OCH3 is 2. The van der Waals surface area contributed by atoms with Crippen LogP contribution >= 0.6 is 15.9 Å². The van der Waals surface area contributed by atoms with Gasteiger partial charge >= 0.3 is 0 Å². The van der Waals surface area contributed by atoms with Crippen LogP contribution in [0.4, 0.5) is 0 Å². The van der Waals surface area contributed by atoms with Crippen molar-refractivity contribution in [3.05, 3.63) is 52.5 Å². The number of hydrogen-bond acceptors (Lipinski definition) is 6. The molecule has 2 rings (SSSR count). The fraction of sp³-hybridized carbons (Fsp3) is 0.176. The quantitative estimate of drug-likeness (QED) is 0.466. The van der Waals surface area contributed by atoms with Crippen LogP contribution in [0.15, 0.2) is 56.9 Å². The average Bonchev–Trinajstić information content (AvgIpc) is 2.66. The van der Waals surface area contributed by atoms with E-state index in [9.17, 15) is 13.2 Å². The van der Waals surface area contributed by atoms with Crippen LogP contribution in [0.5, 0.6) is 11.5 Å². The standard InChI is InChI=1S/C17H18BrN3O5S/c1-25-15-7-6-14(9-16(15)26-2)27(23,24)20-11-17(22)21-19-10-12-4-3-5-13(18)8-12/h3-10,20H,11H2,1-2H3,(H,21,22)/b19-10-. The first-order chi connectivity index (χ1) is 12.9. The normalized spacial score (nSPS) is 11.4. The maximum Gasteiger partial charge on any atom is 0.255 e. The smallest absolute Gasteiger partial charge is 0.255 e. The summed E-state index contributed by atoms with van der Waals surface area (Å²) in [4.78, 5) is 11.7. The highest BCUT2D eigenvalue weighted by Crippen LogP contribution is 2.29. The third kappa shape index (κ3) is 6.05. The highest BCUT2D eigenvalue weighted by molar-refractivity contribution is 9.10. The van der Waals surface area contributed by atoms with E-state index in [1.165, 1.54) is 38.6 Å². The molecule has 0 atom stereocenters. The molecule has 0 fully saturated rings. The van der Waals surface area contributed by atoms with Gasteiger partial charge in [0.25, 0.3) is 5.91 Å². The average molecular weight is 456 g/mol. The minimum absolute atomic E-state index is 0.0504. The lowest BCUT2D eigenvalue weighted by Crippen LogP contribution is -2.34. The van der Waals surface area contributed by atoms with Gasteiger partial charge in [-0.3, -0.25) is 4.79 Å². The molecule has 0 unspecified atom stereocenters. The van der Waals surface area contributed by atoms with Gasteiger partial charge in [0.15, 0.2) is 11.5 Å². The highest BCUT2D eigenvalue weighted by atomic mass is 79.9. The number of carbonyl (C=O) groups is 1. The van der Waals surface area contributed by atoms with Crippen LogP contribution in [-0.4, -0.2) is 41.3 Å². The summed E-state index contributed by atoms with van der Waals surface area (Å²) in [5, 5.41) is 3.79. The lowest BCUT2D eigenvalue weighted by molar-refractivity contribution is -0.119. The Morgan fingerprint density at radius 1 is 1.15 bits per heavy atom. The zero-order chi connectivity index (χ0) is 19.9. The van der Waals surface area contributed by atoms with Crippen molar-refractivity contribution in [1.29, 1.82) is 0 Å². The van der Waals surface area contributed by atoms with Gasteiger partial charge in [-0.15, -0.1) is 0 Å². The number of hydrazone groups is 1. The number of rotatable bonds is 8. The van der Waals surface area contributed by atoms with E-state index >= 15 is 0 Å². The molecule has 0 heterocycles. The van der Waals surface area contributed by atoms with Gasteiger partial charge < -0.3 is 9.47 Å². The maximum atomic E-state index is 12.3. The topological polar surface area (TPSA) is 106 Å². The Balaban J connectivity index is 1.95.